The topological polar surface area (TPSA) is 184 Å². The summed E-state index contributed by atoms with van der Waals surface area (Å²) >= 11 is 0. The van der Waals surface area contributed by atoms with Gasteiger partial charge in [0.05, 0.1) is 12.1 Å². The van der Waals surface area contributed by atoms with Crippen molar-refractivity contribution in [2.75, 3.05) is 6.54 Å². The van der Waals surface area contributed by atoms with Crippen LogP contribution in [0, 0.1) is 0 Å². The molecular weight excluding hydrogens is 751 g/mol. The number of ether oxygens (including phenoxy) is 2. The number of unbranched alkanes of at least 4 members (excludes halogenated alkanes) is 1. The molecule has 5 rings (SSSR count). The summed E-state index contributed by atoms with van der Waals surface area (Å²) in [6, 6.07) is 31.1. The number of rotatable bonds is 18. The lowest BCUT2D eigenvalue weighted by atomic mass is 10.0. The van der Waals surface area contributed by atoms with Gasteiger partial charge in [0.25, 0.3) is 0 Å². The highest BCUT2D eigenvalue weighted by Gasteiger charge is 2.35. The average Bonchev–Trinajstić information content (AvgIpc) is 3.53. The third-order valence-corrected chi connectivity index (χ3v) is 9.74. The first-order valence-electron chi connectivity index (χ1n) is 20.0. The number of aliphatic hydroxyl groups excluding tert-OH is 1. The minimum absolute atomic E-state index is 0.0843. The lowest BCUT2D eigenvalue weighted by Gasteiger charge is -2.27. The molecule has 13 nitrogen and oxygen atoms in total. The van der Waals surface area contributed by atoms with Gasteiger partial charge in [0.15, 0.2) is 0 Å². The summed E-state index contributed by atoms with van der Waals surface area (Å²) in [5.41, 5.74) is 3.29. The third kappa shape index (κ3) is 14.3. The molecule has 1 aliphatic carbocycles. The Hall–Kier alpha value is -6.21. The molecule has 0 saturated heterocycles. The van der Waals surface area contributed by atoms with Gasteiger partial charge in [-0.3, -0.25) is 14.4 Å². The summed E-state index contributed by atoms with van der Waals surface area (Å²) in [7, 11) is 0. The van der Waals surface area contributed by atoms with Crippen molar-refractivity contribution in [1.82, 2.24) is 26.6 Å². The van der Waals surface area contributed by atoms with E-state index in [2.05, 4.69) is 26.6 Å². The fourth-order valence-corrected chi connectivity index (χ4v) is 6.82. The van der Waals surface area contributed by atoms with Crippen LogP contribution in [0.5, 0.6) is 0 Å². The van der Waals surface area contributed by atoms with E-state index in [0.717, 1.165) is 27.8 Å². The molecule has 13 heteroatoms. The summed E-state index contributed by atoms with van der Waals surface area (Å²) in [6.45, 7) is 5.55. The summed E-state index contributed by atoms with van der Waals surface area (Å²) in [5.74, 6) is -1.74. The van der Waals surface area contributed by atoms with Gasteiger partial charge in [0, 0.05) is 25.8 Å². The zero-order valence-corrected chi connectivity index (χ0v) is 33.8. The Kier molecular flexibility index (Phi) is 16.0. The van der Waals surface area contributed by atoms with Gasteiger partial charge in [-0.05, 0) is 67.9 Å². The van der Waals surface area contributed by atoms with Crippen LogP contribution in [-0.4, -0.2) is 71.4 Å². The van der Waals surface area contributed by atoms with Gasteiger partial charge in [-0.1, -0.05) is 115 Å². The normalized spacial score (nSPS) is 16.0. The van der Waals surface area contributed by atoms with Gasteiger partial charge < -0.3 is 41.2 Å². The van der Waals surface area contributed by atoms with Crippen LogP contribution < -0.4 is 26.6 Å². The van der Waals surface area contributed by atoms with Gasteiger partial charge in [-0.25, -0.2) is 9.59 Å². The Bertz CT molecular complexity index is 1990. The molecule has 5 atom stereocenters. The van der Waals surface area contributed by atoms with Crippen molar-refractivity contribution in [2.45, 2.75) is 102 Å². The van der Waals surface area contributed by atoms with Gasteiger partial charge in [-0.15, -0.1) is 0 Å². The molecule has 6 N–H and O–H groups in total. The molecule has 4 aromatic carbocycles. The van der Waals surface area contributed by atoms with Gasteiger partial charge in [0.1, 0.15) is 30.3 Å². The Labute approximate surface area is 345 Å². The summed E-state index contributed by atoms with van der Waals surface area (Å²) in [6.07, 6.45) is -0.561. The molecular formula is C46H55N5O8. The van der Waals surface area contributed by atoms with Crippen LogP contribution in [0.4, 0.5) is 9.59 Å². The minimum Gasteiger partial charge on any atom is -0.445 e. The lowest BCUT2D eigenvalue weighted by molar-refractivity contribution is -0.133. The quantitative estimate of drug-likeness (QED) is 0.0742. The van der Waals surface area contributed by atoms with E-state index in [1.165, 1.54) is 0 Å². The molecule has 0 spiro atoms. The Morgan fingerprint density at radius 2 is 1.17 bits per heavy atom. The molecule has 0 aliphatic heterocycles. The minimum atomic E-state index is -1.15. The highest BCUT2D eigenvalue weighted by Crippen LogP contribution is 2.31. The molecule has 1 aliphatic rings. The Balaban J connectivity index is 1.30. The molecule has 0 bridgehead atoms. The zero-order chi connectivity index (χ0) is 42.2. The molecule has 0 saturated carbocycles. The third-order valence-electron chi connectivity index (χ3n) is 9.74. The monoisotopic (exact) mass is 805 g/mol. The number of benzene rings is 4. The van der Waals surface area contributed by atoms with E-state index in [-0.39, 0.29) is 32.4 Å². The molecule has 0 heterocycles. The first-order valence-corrected chi connectivity index (χ1v) is 20.0. The largest absolute Gasteiger partial charge is 0.445 e. The molecule has 0 aromatic heterocycles. The number of carbonyl (C=O) groups is 5. The summed E-state index contributed by atoms with van der Waals surface area (Å²) < 4.78 is 10.8. The standard InChI is InChI=1S/C46H55N5O8/c1-46(2,3)59-45(57)50-38(28-32-19-9-5-10-20-32)43(55)49-37(27-31-17-7-4-8-18-31)42(54)48-36(41(53)51-40-35-24-14-13-23-34(35)29-39(40)52)25-15-16-26-47-44(56)58-30-33-21-11-6-12-22-33/h4-14,17-24,36-40,52H,15-16,25-30H2,1-3H3,(H,47,56)(H,48,54)(H,49,55)(H,50,57)(H,51,53)/t36-,37-,38-,39+,40-/m0/s1. The molecule has 0 unspecified atom stereocenters. The van der Waals surface area contributed by atoms with Crippen LogP contribution in [-0.2, 0) is 49.7 Å². The van der Waals surface area contributed by atoms with Crippen molar-refractivity contribution < 1.29 is 38.6 Å². The van der Waals surface area contributed by atoms with Crippen LogP contribution >= 0.6 is 0 Å². The van der Waals surface area contributed by atoms with Crippen molar-refractivity contribution in [3.63, 3.8) is 0 Å². The lowest BCUT2D eigenvalue weighted by Crippen LogP contribution is -2.58. The van der Waals surface area contributed by atoms with E-state index in [4.69, 9.17) is 9.47 Å². The maximum absolute atomic E-state index is 14.3. The van der Waals surface area contributed by atoms with E-state index < -0.39 is 65.8 Å². The van der Waals surface area contributed by atoms with Crippen LogP contribution in [0.1, 0.15) is 73.9 Å². The predicted octanol–water partition coefficient (Wildman–Crippen LogP) is 5.21. The van der Waals surface area contributed by atoms with Crippen molar-refractivity contribution in [1.29, 1.82) is 0 Å². The maximum atomic E-state index is 14.3. The van der Waals surface area contributed by atoms with E-state index in [9.17, 15) is 29.1 Å². The van der Waals surface area contributed by atoms with E-state index >= 15 is 0 Å². The van der Waals surface area contributed by atoms with Crippen LogP contribution in [0.2, 0.25) is 0 Å². The van der Waals surface area contributed by atoms with Gasteiger partial charge >= 0.3 is 12.2 Å². The first kappa shape index (κ1) is 43.9. The first-order chi connectivity index (χ1) is 28.3. The number of alkyl carbamates (subject to hydrolysis) is 2. The second-order valence-corrected chi connectivity index (χ2v) is 15.6. The zero-order valence-electron chi connectivity index (χ0n) is 33.8. The number of nitrogens with one attached hydrogen (secondary N) is 5. The Morgan fingerprint density at radius 1 is 0.644 bits per heavy atom. The fraction of sp³-hybridized carbons (Fsp3) is 0.370. The highest BCUT2D eigenvalue weighted by molar-refractivity contribution is 5.94. The second kappa shape index (κ2) is 21.5. The van der Waals surface area contributed by atoms with E-state index in [1.54, 1.807) is 20.8 Å². The predicted molar refractivity (Wildman–Crippen MR) is 223 cm³/mol. The Morgan fingerprint density at radius 3 is 1.76 bits per heavy atom. The van der Waals surface area contributed by atoms with Crippen molar-refractivity contribution in [2.24, 2.45) is 0 Å². The number of hydrogen-bond donors (Lipinski definition) is 6. The van der Waals surface area contributed by atoms with Crippen molar-refractivity contribution >= 4 is 29.9 Å². The second-order valence-electron chi connectivity index (χ2n) is 15.6. The molecule has 0 fully saturated rings. The number of carbonyl (C=O) groups excluding carboxylic acids is 5. The van der Waals surface area contributed by atoms with Crippen LogP contribution in [0.3, 0.4) is 0 Å². The fourth-order valence-electron chi connectivity index (χ4n) is 6.82. The molecule has 4 aromatic rings. The van der Waals surface area contributed by atoms with Gasteiger partial charge in [0.2, 0.25) is 17.7 Å². The molecule has 0 radical (unpaired) electrons. The number of hydrogen-bond acceptors (Lipinski definition) is 8. The van der Waals surface area contributed by atoms with Crippen molar-refractivity contribution in [3.05, 3.63) is 143 Å². The molecule has 312 valence electrons. The smallest absolute Gasteiger partial charge is 0.408 e. The van der Waals surface area contributed by atoms with E-state index in [1.807, 2.05) is 115 Å². The average molecular weight is 806 g/mol. The van der Waals surface area contributed by atoms with Gasteiger partial charge in [-0.2, -0.15) is 0 Å². The number of amides is 5. The molecule has 5 amide bonds. The highest BCUT2D eigenvalue weighted by atomic mass is 16.6. The van der Waals surface area contributed by atoms with Crippen LogP contribution in [0.25, 0.3) is 0 Å². The number of fused-ring (bicyclic) bond motifs is 1. The molecule has 59 heavy (non-hydrogen) atoms. The SMILES string of the molecule is CC(C)(C)OC(=O)N[C@@H](Cc1ccccc1)C(=O)N[C@@H](Cc1ccccc1)C(=O)N[C@@H](CCCCNC(=O)OCc1ccccc1)C(=O)N[C@H]1c2ccccc2C[C@H]1O. The maximum Gasteiger partial charge on any atom is 0.408 e. The van der Waals surface area contributed by atoms with E-state index in [0.29, 0.717) is 19.3 Å². The summed E-state index contributed by atoms with van der Waals surface area (Å²) in [5, 5.41) is 25.0. The van der Waals surface area contributed by atoms with Crippen molar-refractivity contribution in [3.8, 4) is 0 Å². The number of aliphatic hydroxyl groups is 1. The summed E-state index contributed by atoms with van der Waals surface area (Å²) in [4.78, 5) is 67.7. The van der Waals surface area contributed by atoms with Crippen LogP contribution in [0.15, 0.2) is 115 Å².